The summed E-state index contributed by atoms with van der Waals surface area (Å²) in [6.07, 6.45) is 2.04. The van der Waals surface area contributed by atoms with Gasteiger partial charge in [-0.05, 0) is 38.0 Å². The van der Waals surface area contributed by atoms with E-state index in [2.05, 4.69) is 19.9 Å². The van der Waals surface area contributed by atoms with Gasteiger partial charge >= 0.3 is 0 Å². The summed E-state index contributed by atoms with van der Waals surface area (Å²) in [6.45, 7) is 4.83. The molecule has 0 spiro atoms. The highest BCUT2D eigenvalue weighted by atomic mass is 19.2. The lowest BCUT2D eigenvalue weighted by atomic mass is 9.99. The summed E-state index contributed by atoms with van der Waals surface area (Å²) in [4.78, 5) is 14.4. The van der Waals surface area contributed by atoms with Gasteiger partial charge in [0, 0.05) is 18.7 Å². The molecule has 128 valence electrons. The number of likely N-dealkylation sites (tertiary alicyclic amines) is 1. The first kappa shape index (κ1) is 16.6. The fourth-order valence-corrected chi connectivity index (χ4v) is 3.24. The molecule has 2 atom stereocenters. The molecule has 7 heteroatoms. The Morgan fingerprint density at radius 3 is 2.75 bits per heavy atom. The molecule has 2 heterocycles. The minimum atomic E-state index is -0.885. The van der Waals surface area contributed by atoms with Crippen LogP contribution in [0.15, 0.2) is 35.1 Å². The van der Waals surface area contributed by atoms with Gasteiger partial charge in [-0.3, -0.25) is 9.69 Å². The Balaban J connectivity index is 1.87. The van der Waals surface area contributed by atoms with Crippen molar-refractivity contribution < 1.29 is 18.1 Å². The van der Waals surface area contributed by atoms with Crippen LogP contribution in [-0.4, -0.2) is 34.6 Å². The lowest BCUT2D eigenvalue weighted by molar-refractivity contribution is 0.0910. The number of nitrogens with zero attached hydrogens (tertiary/aromatic N) is 2. The number of hydrogen-bond acceptors (Lipinski definition) is 4. The van der Waals surface area contributed by atoms with Crippen LogP contribution in [0.3, 0.4) is 0 Å². The highest BCUT2D eigenvalue weighted by Crippen LogP contribution is 2.34. The molecule has 1 saturated heterocycles. The Kier molecular flexibility index (Phi) is 4.62. The number of benzene rings is 1. The third kappa shape index (κ3) is 3.17. The first-order valence-corrected chi connectivity index (χ1v) is 7.89. The summed E-state index contributed by atoms with van der Waals surface area (Å²) < 4.78 is 31.6. The lowest BCUT2D eigenvalue weighted by Crippen LogP contribution is -2.41. The molecule has 0 unspecified atom stereocenters. The predicted molar refractivity (Wildman–Crippen MR) is 83.3 cm³/mol. The summed E-state index contributed by atoms with van der Waals surface area (Å²) in [5.41, 5.74) is 0.840. The summed E-state index contributed by atoms with van der Waals surface area (Å²) in [7, 11) is 0. The zero-order valence-electron chi connectivity index (χ0n) is 13.5. The van der Waals surface area contributed by atoms with Crippen molar-refractivity contribution >= 4 is 5.91 Å². The first-order valence-electron chi connectivity index (χ1n) is 7.89. The fraction of sp³-hybridized carbons (Fsp3) is 0.412. The normalized spacial score (nSPS) is 21.4. The lowest BCUT2D eigenvalue weighted by Gasteiger charge is -2.31. The maximum Gasteiger partial charge on any atom is 0.273 e. The van der Waals surface area contributed by atoms with Gasteiger partial charge in [-0.15, -0.1) is 0 Å². The molecular weight excluding hydrogens is 316 g/mol. The van der Waals surface area contributed by atoms with E-state index in [1.165, 1.54) is 18.4 Å². The molecule has 1 aromatic carbocycles. The van der Waals surface area contributed by atoms with Crippen molar-refractivity contribution in [3.05, 3.63) is 53.4 Å². The third-order valence-electron chi connectivity index (χ3n) is 4.37. The fourth-order valence-electron chi connectivity index (χ4n) is 3.24. The van der Waals surface area contributed by atoms with Gasteiger partial charge < -0.3 is 9.84 Å². The summed E-state index contributed by atoms with van der Waals surface area (Å²) in [6, 6.07) is 5.14. The van der Waals surface area contributed by atoms with Crippen molar-refractivity contribution in [2.45, 2.75) is 38.4 Å². The molecule has 1 aliphatic rings. The Hall–Kier alpha value is -2.28. The predicted octanol–water partition coefficient (Wildman–Crippen LogP) is 2.91. The highest BCUT2D eigenvalue weighted by molar-refractivity contribution is 5.92. The molecule has 2 aromatic rings. The number of rotatable bonds is 4. The minimum absolute atomic E-state index is 0.196. The maximum atomic E-state index is 13.7. The SMILES string of the molecule is CC(C)N1CC[C@H](NC(=O)c2ccon2)[C@H]1c1ccc(F)c(F)c1. The van der Waals surface area contributed by atoms with E-state index in [9.17, 15) is 13.6 Å². The number of hydrogen-bond donors (Lipinski definition) is 1. The van der Waals surface area contributed by atoms with E-state index in [1.807, 2.05) is 13.8 Å². The largest absolute Gasteiger partial charge is 0.364 e. The summed E-state index contributed by atoms with van der Waals surface area (Å²) in [5, 5.41) is 6.56. The quantitative estimate of drug-likeness (QED) is 0.933. The van der Waals surface area contributed by atoms with E-state index in [-0.39, 0.29) is 29.7 Å². The first-order chi connectivity index (χ1) is 11.5. The second kappa shape index (κ2) is 6.68. The van der Waals surface area contributed by atoms with Gasteiger partial charge in [-0.25, -0.2) is 8.78 Å². The second-order valence-electron chi connectivity index (χ2n) is 6.20. The van der Waals surface area contributed by atoms with Crippen molar-refractivity contribution in [3.8, 4) is 0 Å². The third-order valence-corrected chi connectivity index (χ3v) is 4.37. The summed E-state index contributed by atoms with van der Waals surface area (Å²) in [5.74, 6) is -2.10. The van der Waals surface area contributed by atoms with Crippen LogP contribution in [0, 0.1) is 11.6 Å². The zero-order chi connectivity index (χ0) is 17.3. The van der Waals surface area contributed by atoms with Crippen LogP contribution in [-0.2, 0) is 0 Å². The number of aromatic nitrogens is 1. The molecule has 0 aliphatic carbocycles. The molecule has 1 N–H and O–H groups in total. The number of carbonyl (C=O) groups is 1. The smallest absolute Gasteiger partial charge is 0.273 e. The van der Waals surface area contributed by atoms with Crippen molar-refractivity contribution in [1.82, 2.24) is 15.4 Å². The van der Waals surface area contributed by atoms with Crippen LogP contribution >= 0.6 is 0 Å². The van der Waals surface area contributed by atoms with E-state index in [0.29, 0.717) is 12.0 Å². The van der Waals surface area contributed by atoms with E-state index in [0.717, 1.165) is 12.6 Å². The van der Waals surface area contributed by atoms with Crippen LogP contribution in [0.5, 0.6) is 0 Å². The molecule has 0 radical (unpaired) electrons. The molecule has 1 amide bonds. The summed E-state index contributed by atoms with van der Waals surface area (Å²) >= 11 is 0. The maximum absolute atomic E-state index is 13.7. The molecule has 1 aliphatic heterocycles. The topological polar surface area (TPSA) is 58.4 Å². The zero-order valence-corrected chi connectivity index (χ0v) is 13.5. The monoisotopic (exact) mass is 335 g/mol. The van der Waals surface area contributed by atoms with Crippen molar-refractivity contribution in [3.63, 3.8) is 0 Å². The van der Waals surface area contributed by atoms with E-state index in [4.69, 9.17) is 0 Å². The molecule has 5 nitrogen and oxygen atoms in total. The van der Waals surface area contributed by atoms with Gasteiger partial charge in [0.1, 0.15) is 6.26 Å². The molecule has 0 saturated carbocycles. The molecule has 24 heavy (non-hydrogen) atoms. The number of nitrogens with one attached hydrogen (secondary N) is 1. The molecule has 3 rings (SSSR count). The van der Waals surface area contributed by atoms with Crippen LogP contribution in [0.25, 0.3) is 0 Å². The number of amides is 1. The molecule has 1 aromatic heterocycles. The molecule has 0 bridgehead atoms. The van der Waals surface area contributed by atoms with Crippen molar-refractivity contribution in [2.24, 2.45) is 0 Å². The second-order valence-corrected chi connectivity index (χ2v) is 6.20. The Morgan fingerprint density at radius 2 is 2.12 bits per heavy atom. The van der Waals surface area contributed by atoms with E-state index in [1.54, 1.807) is 6.07 Å². The van der Waals surface area contributed by atoms with Gasteiger partial charge in [-0.1, -0.05) is 11.2 Å². The van der Waals surface area contributed by atoms with Crippen LogP contribution in [0.4, 0.5) is 8.78 Å². The highest BCUT2D eigenvalue weighted by Gasteiger charge is 2.38. The Labute approximate surface area is 138 Å². The van der Waals surface area contributed by atoms with Gasteiger partial charge in [-0.2, -0.15) is 0 Å². The molecular formula is C17H19F2N3O2. The van der Waals surface area contributed by atoms with Gasteiger partial charge in [0.2, 0.25) is 0 Å². The van der Waals surface area contributed by atoms with Gasteiger partial charge in [0.15, 0.2) is 17.3 Å². The van der Waals surface area contributed by atoms with Crippen LogP contribution in [0.2, 0.25) is 0 Å². The van der Waals surface area contributed by atoms with Crippen molar-refractivity contribution in [2.75, 3.05) is 6.54 Å². The Bertz CT molecular complexity index is 719. The van der Waals surface area contributed by atoms with Gasteiger partial charge in [0.25, 0.3) is 5.91 Å². The van der Waals surface area contributed by atoms with E-state index < -0.39 is 11.6 Å². The number of carbonyl (C=O) groups excluding carboxylic acids is 1. The average molecular weight is 335 g/mol. The van der Waals surface area contributed by atoms with Crippen LogP contribution < -0.4 is 5.32 Å². The van der Waals surface area contributed by atoms with Crippen molar-refractivity contribution in [1.29, 1.82) is 0 Å². The molecule has 1 fully saturated rings. The standard InChI is InChI=1S/C17H19F2N3O2/c1-10(2)22-7-5-14(20-17(23)15-6-8-24-21-15)16(22)11-3-4-12(18)13(19)9-11/h3-4,6,8-10,14,16H,5,7H2,1-2H3,(H,20,23)/t14-,16+/m0/s1. The van der Waals surface area contributed by atoms with Crippen LogP contribution in [0.1, 0.15) is 42.4 Å². The van der Waals surface area contributed by atoms with Gasteiger partial charge in [0.05, 0.1) is 12.1 Å². The Morgan fingerprint density at radius 1 is 1.33 bits per heavy atom. The minimum Gasteiger partial charge on any atom is -0.364 e. The number of halogens is 2. The van der Waals surface area contributed by atoms with E-state index >= 15 is 0 Å². The average Bonchev–Trinajstić information content (AvgIpc) is 3.19.